The molecule has 2 rings (SSSR count). The van der Waals surface area contributed by atoms with E-state index in [1.54, 1.807) is 6.07 Å². The molecule has 0 radical (unpaired) electrons. The molecule has 0 bridgehead atoms. The second-order valence-corrected chi connectivity index (χ2v) is 4.07. The molecule has 1 atom stereocenters. The average molecular weight is 260 g/mol. The fraction of sp³-hybridized carbons (Fsp3) is 0.400. The Morgan fingerprint density at radius 2 is 2.36 bits per heavy atom. The van der Waals surface area contributed by atoms with E-state index in [-0.39, 0.29) is 11.9 Å². The van der Waals surface area contributed by atoms with E-state index in [4.69, 9.17) is 4.74 Å². The molecule has 1 aromatic rings. The summed E-state index contributed by atoms with van der Waals surface area (Å²) in [4.78, 5) is 0. The first kappa shape index (κ1) is 10.1. The van der Waals surface area contributed by atoms with Gasteiger partial charge in [0.05, 0.1) is 19.3 Å². The lowest BCUT2D eigenvalue weighted by atomic mass is 10.1. The van der Waals surface area contributed by atoms with Crippen LogP contribution in [0.5, 0.6) is 0 Å². The minimum atomic E-state index is -0.192. The van der Waals surface area contributed by atoms with Gasteiger partial charge in [0.15, 0.2) is 0 Å². The van der Waals surface area contributed by atoms with Gasteiger partial charge in [0.25, 0.3) is 0 Å². The highest BCUT2D eigenvalue weighted by molar-refractivity contribution is 9.10. The van der Waals surface area contributed by atoms with Crippen molar-refractivity contribution in [1.82, 2.24) is 5.32 Å². The van der Waals surface area contributed by atoms with Gasteiger partial charge >= 0.3 is 0 Å². The number of benzene rings is 1. The fourth-order valence-corrected chi connectivity index (χ4v) is 2.21. The van der Waals surface area contributed by atoms with Crippen LogP contribution in [0.4, 0.5) is 4.39 Å². The third-order valence-electron chi connectivity index (χ3n) is 2.27. The number of ether oxygens (including phenoxy) is 1. The van der Waals surface area contributed by atoms with E-state index >= 15 is 0 Å². The molecule has 76 valence electrons. The van der Waals surface area contributed by atoms with Gasteiger partial charge in [0.2, 0.25) is 0 Å². The van der Waals surface area contributed by atoms with Crippen molar-refractivity contribution in [2.45, 2.75) is 6.04 Å². The first-order valence-corrected chi connectivity index (χ1v) is 5.33. The number of nitrogens with one attached hydrogen (secondary N) is 1. The first-order valence-electron chi connectivity index (χ1n) is 4.54. The zero-order valence-corrected chi connectivity index (χ0v) is 9.18. The number of morpholine rings is 1. The molecular weight excluding hydrogens is 249 g/mol. The third-order valence-corrected chi connectivity index (χ3v) is 2.96. The molecule has 0 amide bonds. The van der Waals surface area contributed by atoms with Crippen molar-refractivity contribution in [3.63, 3.8) is 0 Å². The average Bonchev–Trinajstić information content (AvgIpc) is 2.19. The van der Waals surface area contributed by atoms with Crippen molar-refractivity contribution >= 4 is 15.9 Å². The summed E-state index contributed by atoms with van der Waals surface area (Å²) in [6.07, 6.45) is 0. The van der Waals surface area contributed by atoms with Gasteiger partial charge in [0.1, 0.15) is 5.82 Å². The summed E-state index contributed by atoms with van der Waals surface area (Å²) in [7, 11) is 0. The summed E-state index contributed by atoms with van der Waals surface area (Å²) >= 11 is 3.35. The van der Waals surface area contributed by atoms with Gasteiger partial charge in [-0.2, -0.15) is 0 Å². The maximum absolute atomic E-state index is 13.5. The standard InChI is InChI=1S/C10H11BrFNO/c11-7-2-1-3-8(12)10(7)9-6-14-5-4-13-9/h1-3,9,13H,4-6H2/t9-/m0/s1. The minimum Gasteiger partial charge on any atom is -0.378 e. The monoisotopic (exact) mass is 259 g/mol. The number of rotatable bonds is 1. The Bertz CT molecular complexity index is 306. The van der Waals surface area contributed by atoms with E-state index in [1.807, 2.05) is 6.07 Å². The number of hydrogen-bond donors (Lipinski definition) is 1. The van der Waals surface area contributed by atoms with Crippen molar-refractivity contribution < 1.29 is 9.13 Å². The van der Waals surface area contributed by atoms with Crippen molar-refractivity contribution in [3.05, 3.63) is 34.1 Å². The maximum atomic E-state index is 13.5. The lowest BCUT2D eigenvalue weighted by molar-refractivity contribution is 0.0755. The highest BCUT2D eigenvalue weighted by atomic mass is 79.9. The molecule has 1 saturated heterocycles. The van der Waals surface area contributed by atoms with Gasteiger partial charge in [-0.15, -0.1) is 0 Å². The van der Waals surface area contributed by atoms with Crippen LogP contribution in [-0.2, 0) is 4.74 Å². The van der Waals surface area contributed by atoms with Gasteiger partial charge in [-0.1, -0.05) is 22.0 Å². The van der Waals surface area contributed by atoms with E-state index in [9.17, 15) is 4.39 Å². The predicted octanol–water partition coefficient (Wildman–Crippen LogP) is 2.25. The normalized spacial score (nSPS) is 22.3. The molecule has 1 aliphatic heterocycles. The van der Waals surface area contributed by atoms with Crippen molar-refractivity contribution in [2.24, 2.45) is 0 Å². The molecule has 0 saturated carbocycles. The topological polar surface area (TPSA) is 21.3 Å². The van der Waals surface area contributed by atoms with Crippen LogP contribution < -0.4 is 5.32 Å². The zero-order chi connectivity index (χ0) is 9.97. The van der Waals surface area contributed by atoms with Crippen molar-refractivity contribution in [3.8, 4) is 0 Å². The molecule has 1 aliphatic rings. The summed E-state index contributed by atoms with van der Waals surface area (Å²) in [6.45, 7) is 1.99. The molecule has 1 aromatic carbocycles. The Hall–Kier alpha value is -0.450. The van der Waals surface area contributed by atoms with Crippen LogP contribution in [0.2, 0.25) is 0 Å². The highest BCUT2D eigenvalue weighted by Crippen LogP contribution is 2.27. The highest BCUT2D eigenvalue weighted by Gasteiger charge is 2.20. The molecule has 1 N–H and O–H groups in total. The summed E-state index contributed by atoms with van der Waals surface area (Å²) < 4.78 is 19.6. The van der Waals surface area contributed by atoms with Gasteiger partial charge in [0, 0.05) is 16.6 Å². The molecule has 0 spiro atoms. The first-order chi connectivity index (χ1) is 6.79. The van der Waals surface area contributed by atoms with Crippen LogP contribution >= 0.6 is 15.9 Å². The van der Waals surface area contributed by atoms with Crippen LogP contribution in [0.15, 0.2) is 22.7 Å². The third kappa shape index (κ3) is 1.97. The Kier molecular flexibility index (Phi) is 3.15. The molecule has 1 heterocycles. The zero-order valence-electron chi connectivity index (χ0n) is 7.59. The Morgan fingerprint density at radius 3 is 3.00 bits per heavy atom. The largest absolute Gasteiger partial charge is 0.378 e. The molecule has 4 heteroatoms. The van der Waals surface area contributed by atoms with E-state index in [1.165, 1.54) is 6.07 Å². The van der Waals surface area contributed by atoms with E-state index in [0.29, 0.717) is 18.8 Å². The maximum Gasteiger partial charge on any atom is 0.129 e. The van der Waals surface area contributed by atoms with E-state index in [2.05, 4.69) is 21.2 Å². The Balaban J connectivity index is 2.29. The quantitative estimate of drug-likeness (QED) is 0.836. The molecule has 0 aliphatic carbocycles. The lowest BCUT2D eigenvalue weighted by Crippen LogP contribution is -2.35. The second kappa shape index (κ2) is 4.38. The van der Waals surface area contributed by atoms with Crippen LogP contribution in [0.3, 0.4) is 0 Å². The number of hydrogen-bond acceptors (Lipinski definition) is 2. The molecule has 0 unspecified atom stereocenters. The SMILES string of the molecule is Fc1cccc(Br)c1[C@@H]1COCCN1. The van der Waals surface area contributed by atoms with E-state index < -0.39 is 0 Å². The second-order valence-electron chi connectivity index (χ2n) is 3.22. The van der Waals surface area contributed by atoms with Gasteiger partial charge in [-0.25, -0.2) is 4.39 Å². The molecule has 1 fully saturated rings. The summed E-state index contributed by atoms with van der Waals surface area (Å²) in [5.41, 5.74) is 0.659. The summed E-state index contributed by atoms with van der Waals surface area (Å²) in [5.74, 6) is -0.192. The van der Waals surface area contributed by atoms with E-state index in [0.717, 1.165) is 11.0 Å². The van der Waals surface area contributed by atoms with Crippen LogP contribution in [0, 0.1) is 5.82 Å². The van der Waals surface area contributed by atoms with Crippen molar-refractivity contribution in [1.29, 1.82) is 0 Å². The molecule has 14 heavy (non-hydrogen) atoms. The van der Waals surface area contributed by atoms with Gasteiger partial charge in [-0.05, 0) is 12.1 Å². The predicted molar refractivity (Wildman–Crippen MR) is 55.7 cm³/mol. The fourth-order valence-electron chi connectivity index (χ4n) is 1.59. The smallest absolute Gasteiger partial charge is 0.129 e. The minimum absolute atomic E-state index is 0.0423. The van der Waals surface area contributed by atoms with Crippen molar-refractivity contribution in [2.75, 3.05) is 19.8 Å². The molecular formula is C10H11BrFNO. The summed E-state index contributed by atoms with van der Waals surface area (Å²) in [5, 5.41) is 3.22. The van der Waals surface area contributed by atoms with Crippen LogP contribution in [0.25, 0.3) is 0 Å². The Labute approximate surface area is 90.6 Å². The number of halogens is 2. The molecule has 2 nitrogen and oxygen atoms in total. The lowest BCUT2D eigenvalue weighted by Gasteiger charge is -2.25. The van der Waals surface area contributed by atoms with Crippen LogP contribution in [0.1, 0.15) is 11.6 Å². The molecule has 0 aromatic heterocycles. The van der Waals surface area contributed by atoms with Gasteiger partial charge < -0.3 is 10.1 Å². The van der Waals surface area contributed by atoms with Gasteiger partial charge in [-0.3, -0.25) is 0 Å². The Morgan fingerprint density at radius 1 is 1.50 bits per heavy atom. The van der Waals surface area contributed by atoms with Crippen LogP contribution in [-0.4, -0.2) is 19.8 Å². The summed E-state index contributed by atoms with van der Waals surface area (Å²) in [6, 6.07) is 4.96.